The number of aryl methyl sites for hydroxylation is 1. The number of carbonyl (C=O) groups is 2. The number of hydrogen-bond donors (Lipinski definition) is 0. The van der Waals surface area contributed by atoms with Gasteiger partial charge in [0.15, 0.2) is 6.29 Å². The van der Waals surface area contributed by atoms with Crippen LogP contribution < -0.4 is 22.6 Å². The Balaban J connectivity index is 1.55. The molecule has 0 heterocycles. The van der Waals surface area contributed by atoms with E-state index in [4.69, 9.17) is 22.6 Å². The number of benzene rings is 5. The van der Waals surface area contributed by atoms with Gasteiger partial charge in [0.1, 0.15) is 28.7 Å². The summed E-state index contributed by atoms with van der Waals surface area (Å²) in [5.41, 5.74) is 3.80. The minimum Gasteiger partial charge on any atom is -0.438 e. The summed E-state index contributed by atoms with van der Waals surface area (Å²) in [4.78, 5) is 27.4. The summed E-state index contributed by atoms with van der Waals surface area (Å²) >= 11 is 0. The lowest BCUT2D eigenvalue weighted by molar-refractivity contribution is 0.102. The lowest BCUT2D eigenvalue weighted by Crippen LogP contribution is -2.15. The van der Waals surface area contributed by atoms with Crippen LogP contribution in [-0.2, 0) is 10.8 Å². The Morgan fingerprint density at radius 3 is 1.59 bits per heavy atom. The summed E-state index contributed by atoms with van der Waals surface area (Å²) in [6.07, 6.45) is 0.658. The number of carbonyl (C=O) groups excluding carboxylic acids is 2. The molecule has 0 bridgehead atoms. The van der Waals surface area contributed by atoms with Gasteiger partial charge in [-0.3, -0.25) is 9.59 Å². The molecule has 0 radical (unpaired) electrons. The molecule has 282 valence electrons. The second-order valence-electron chi connectivity index (χ2n) is 15.4. The Hall–Kier alpha value is -4.70. The SMILES string of the molecule is Cc1cccc(OP(C)Oc2ccccc2C(C)(C)C)c1C(=O)c1c(C=O)cccc1OP(Oc1ccccc1C(C)C)Oc1ccccc1C(C)(C)C. The van der Waals surface area contributed by atoms with E-state index in [1.54, 1.807) is 24.3 Å². The Labute approximate surface area is 322 Å². The monoisotopic (exact) mass is 764 g/mol. The lowest BCUT2D eigenvalue weighted by atomic mass is 9.86. The average Bonchev–Trinajstić information content (AvgIpc) is 3.11. The zero-order chi connectivity index (χ0) is 39.2. The van der Waals surface area contributed by atoms with Crippen LogP contribution in [-0.4, -0.2) is 18.7 Å². The van der Waals surface area contributed by atoms with Gasteiger partial charge in [-0.25, -0.2) is 0 Å². The maximum atomic E-state index is 14.8. The lowest BCUT2D eigenvalue weighted by Gasteiger charge is -2.26. The van der Waals surface area contributed by atoms with Crippen molar-refractivity contribution >= 4 is 29.0 Å². The first-order chi connectivity index (χ1) is 25.6. The molecule has 0 aliphatic heterocycles. The van der Waals surface area contributed by atoms with Crippen molar-refractivity contribution < 1.29 is 32.2 Å². The summed E-state index contributed by atoms with van der Waals surface area (Å²) in [5.74, 6) is 2.13. The standard InChI is InChI=1S/C45H50O7P2/c1-30(2)33-21-11-14-24-36(33)50-54(51-38-26-16-13-23-35(38)45(7,8)9)52-40-28-18-20-32(29-46)42(40)43(47)41-31(3)19-17-27-39(41)49-53(10)48-37-25-15-12-22-34(37)44(4,5)6/h11-30H,1-10H3. The van der Waals surface area contributed by atoms with Crippen molar-refractivity contribution in [3.63, 3.8) is 0 Å². The largest absolute Gasteiger partial charge is 0.530 e. The molecule has 2 unspecified atom stereocenters. The molecule has 5 aromatic carbocycles. The van der Waals surface area contributed by atoms with Crippen LogP contribution in [0.1, 0.15) is 110 Å². The van der Waals surface area contributed by atoms with E-state index in [2.05, 4.69) is 55.4 Å². The number of rotatable bonds is 14. The summed E-state index contributed by atoms with van der Waals surface area (Å²) in [6, 6.07) is 33.7. The zero-order valence-electron chi connectivity index (χ0n) is 32.8. The third-order valence-electron chi connectivity index (χ3n) is 8.78. The summed E-state index contributed by atoms with van der Waals surface area (Å²) in [6.45, 7) is 20.6. The van der Waals surface area contributed by atoms with Crippen molar-refractivity contribution in [1.29, 1.82) is 0 Å². The van der Waals surface area contributed by atoms with Gasteiger partial charge < -0.3 is 22.6 Å². The Morgan fingerprint density at radius 2 is 1.02 bits per heavy atom. The Kier molecular flexibility index (Phi) is 12.9. The van der Waals surface area contributed by atoms with Crippen molar-refractivity contribution in [3.8, 4) is 28.7 Å². The highest BCUT2D eigenvalue weighted by Crippen LogP contribution is 2.48. The fraction of sp³-hybridized carbons (Fsp3) is 0.289. The van der Waals surface area contributed by atoms with Crippen LogP contribution >= 0.6 is 17.0 Å². The maximum absolute atomic E-state index is 14.8. The number of ketones is 1. The van der Waals surface area contributed by atoms with E-state index >= 15 is 0 Å². The predicted molar refractivity (Wildman–Crippen MR) is 220 cm³/mol. The molecule has 7 nitrogen and oxygen atoms in total. The molecule has 9 heteroatoms. The summed E-state index contributed by atoms with van der Waals surface area (Å²) in [5, 5.41) is 0. The fourth-order valence-corrected chi connectivity index (χ4v) is 8.04. The molecule has 0 saturated heterocycles. The average molecular weight is 765 g/mol. The van der Waals surface area contributed by atoms with E-state index in [-0.39, 0.29) is 33.6 Å². The van der Waals surface area contributed by atoms with Crippen LogP contribution in [0.5, 0.6) is 28.7 Å². The summed E-state index contributed by atoms with van der Waals surface area (Å²) < 4.78 is 32.6. The smallest absolute Gasteiger partial charge is 0.438 e. The van der Waals surface area contributed by atoms with E-state index in [1.807, 2.05) is 98.5 Å². The fourth-order valence-electron chi connectivity index (χ4n) is 6.06. The van der Waals surface area contributed by atoms with Gasteiger partial charge in [-0.2, -0.15) is 0 Å². The molecule has 0 aliphatic carbocycles. The van der Waals surface area contributed by atoms with Crippen LogP contribution in [0.15, 0.2) is 109 Å². The van der Waals surface area contributed by atoms with Gasteiger partial charge in [0.25, 0.3) is 8.38 Å². The van der Waals surface area contributed by atoms with Crippen LogP contribution in [0.3, 0.4) is 0 Å². The van der Waals surface area contributed by atoms with E-state index in [0.717, 1.165) is 22.4 Å². The number of para-hydroxylation sites is 3. The molecule has 0 aliphatic rings. The van der Waals surface area contributed by atoms with E-state index in [0.29, 0.717) is 34.7 Å². The third-order valence-corrected chi connectivity index (χ3v) is 10.7. The Morgan fingerprint density at radius 1 is 0.574 bits per heavy atom. The first-order valence-electron chi connectivity index (χ1n) is 18.0. The molecule has 0 saturated carbocycles. The van der Waals surface area contributed by atoms with Crippen LogP contribution in [0.4, 0.5) is 0 Å². The molecule has 0 N–H and O–H groups in total. The molecular formula is C45H50O7P2. The van der Waals surface area contributed by atoms with Gasteiger partial charge in [-0.05, 0) is 70.7 Å². The van der Waals surface area contributed by atoms with Crippen molar-refractivity contribution in [2.75, 3.05) is 6.66 Å². The normalized spacial score (nSPS) is 12.8. The first kappa shape index (κ1) is 40.5. The van der Waals surface area contributed by atoms with Crippen molar-refractivity contribution in [2.45, 2.75) is 79.1 Å². The van der Waals surface area contributed by atoms with Crippen molar-refractivity contribution in [3.05, 3.63) is 148 Å². The Bertz CT molecular complexity index is 2100. The van der Waals surface area contributed by atoms with Crippen molar-refractivity contribution in [1.82, 2.24) is 0 Å². The van der Waals surface area contributed by atoms with Gasteiger partial charge in [0, 0.05) is 17.8 Å². The van der Waals surface area contributed by atoms with E-state index in [9.17, 15) is 9.59 Å². The molecule has 0 amide bonds. The van der Waals surface area contributed by atoms with Crippen LogP contribution in [0.2, 0.25) is 0 Å². The molecule has 5 aromatic rings. The molecule has 54 heavy (non-hydrogen) atoms. The highest BCUT2D eigenvalue weighted by molar-refractivity contribution is 7.47. The van der Waals surface area contributed by atoms with Crippen LogP contribution in [0, 0.1) is 6.92 Å². The van der Waals surface area contributed by atoms with Gasteiger partial charge in [-0.15, -0.1) is 0 Å². The number of hydrogen-bond acceptors (Lipinski definition) is 7. The highest BCUT2D eigenvalue weighted by Gasteiger charge is 2.31. The molecule has 2 atom stereocenters. The zero-order valence-corrected chi connectivity index (χ0v) is 34.6. The van der Waals surface area contributed by atoms with Crippen molar-refractivity contribution in [2.24, 2.45) is 0 Å². The minimum absolute atomic E-state index is 0.0760. The quantitative estimate of drug-likeness (QED) is 0.0633. The van der Waals surface area contributed by atoms with Gasteiger partial charge >= 0.3 is 8.60 Å². The molecule has 0 aromatic heterocycles. The molecule has 0 fully saturated rings. The second kappa shape index (κ2) is 17.2. The van der Waals surface area contributed by atoms with Gasteiger partial charge in [0.2, 0.25) is 5.78 Å². The third kappa shape index (κ3) is 9.69. The van der Waals surface area contributed by atoms with Gasteiger partial charge in [-0.1, -0.05) is 134 Å². The molecular weight excluding hydrogens is 714 g/mol. The van der Waals surface area contributed by atoms with E-state index < -0.39 is 22.8 Å². The van der Waals surface area contributed by atoms with Crippen LogP contribution in [0.25, 0.3) is 0 Å². The second-order valence-corrected chi connectivity index (χ2v) is 17.7. The van der Waals surface area contributed by atoms with E-state index in [1.165, 1.54) is 0 Å². The first-order valence-corrected chi connectivity index (χ1v) is 20.7. The minimum atomic E-state index is -2.21. The molecule has 5 rings (SSSR count). The maximum Gasteiger partial charge on any atom is 0.530 e. The number of aldehydes is 1. The highest BCUT2D eigenvalue weighted by atomic mass is 31.2. The molecule has 0 spiro atoms. The topological polar surface area (TPSA) is 80.3 Å². The van der Waals surface area contributed by atoms with Gasteiger partial charge in [0.05, 0.1) is 11.1 Å². The summed E-state index contributed by atoms with van der Waals surface area (Å²) in [7, 11) is -3.73. The predicted octanol–water partition coefficient (Wildman–Crippen LogP) is 12.9.